The van der Waals surface area contributed by atoms with Gasteiger partial charge in [0.25, 0.3) is 0 Å². The zero-order chi connectivity index (χ0) is 16.1. The Morgan fingerprint density at radius 1 is 1.09 bits per heavy atom. The quantitative estimate of drug-likeness (QED) is 0.637. The van der Waals surface area contributed by atoms with Crippen molar-refractivity contribution in [2.24, 2.45) is 0 Å². The minimum absolute atomic E-state index is 0.0733. The number of nitrogens with two attached hydrogens (primary N) is 1. The molecule has 0 aliphatic heterocycles. The van der Waals surface area contributed by atoms with Crippen LogP contribution in [-0.2, 0) is 4.79 Å². The molecule has 2 aliphatic rings. The fourth-order valence-corrected chi connectivity index (χ4v) is 4.35. The van der Waals surface area contributed by atoms with E-state index < -0.39 is 0 Å². The van der Waals surface area contributed by atoms with Crippen molar-refractivity contribution in [1.82, 2.24) is 20.2 Å². The van der Waals surface area contributed by atoms with Gasteiger partial charge in [0.1, 0.15) is 0 Å². The molecule has 1 aromatic heterocycles. The third kappa shape index (κ3) is 4.40. The monoisotopic (exact) mass is 337 g/mol. The predicted molar refractivity (Wildman–Crippen MR) is 91.7 cm³/mol. The minimum Gasteiger partial charge on any atom is -0.353 e. The average Bonchev–Trinajstić information content (AvgIpc) is 2.95. The maximum Gasteiger partial charge on any atom is 0.230 e. The predicted octanol–water partition coefficient (Wildman–Crippen LogP) is 2.58. The van der Waals surface area contributed by atoms with Gasteiger partial charge in [0.05, 0.1) is 5.75 Å². The van der Waals surface area contributed by atoms with E-state index in [9.17, 15) is 4.79 Å². The average molecular weight is 337 g/mol. The molecule has 23 heavy (non-hydrogen) atoms. The zero-order valence-corrected chi connectivity index (χ0v) is 14.5. The summed E-state index contributed by atoms with van der Waals surface area (Å²) in [5, 5.41) is 12.2. The van der Waals surface area contributed by atoms with Gasteiger partial charge in [-0.2, -0.15) is 0 Å². The van der Waals surface area contributed by atoms with Gasteiger partial charge in [-0.3, -0.25) is 4.79 Å². The van der Waals surface area contributed by atoms with Gasteiger partial charge in [-0.1, -0.05) is 50.3 Å². The molecule has 1 amide bonds. The third-order valence-corrected chi connectivity index (χ3v) is 5.91. The molecular formula is C16H27N5OS. The highest BCUT2D eigenvalue weighted by Gasteiger charge is 2.23. The molecule has 0 saturated heterocycles. The Hall–Kier alpha value is -1.24. The molecule has 0 radical (unpaired) electrons. The molecular weight excluding hydrogens is 310 g/mol. The smallest absolute Gasteiger partial charge is 0.230 e. The number of nitrogens with zero attached hydrogens (tertiary/aromatic N) is 3. The molecule has 3 N–H and O–H groups in total. The topological polar surface area (TPSA) is 85.8 Å². The SMILES string of the molecule is Nn1c(SCC(=O)NC2CCCCC2)nnc1C1CCCCC1. The Labute approximate surface area is 142 Å². The first-order valence-corrected chi connectivity index (χ1v) is 9.85. The lowest BCUT2D eigenvalue weighted by atomic mass is 9.89. The summed E-state index contributed by atoms with van der Waals surface area (Å²) in [5.41, 5.74) is 0. The van der Waals surface area contributed by atoms with Gasteiger partial charge in [0, 0.05) is 12.0 Å². The molecule has 0 aromatic carbocycles. The van der Waals surface area contributed by atoms with Gasteiger partial charge in [0.2, 0.25) is 11.1 Å². The number of carbonyl (C=O) groups is 1. The van der Waals surface area contributed by atoms with Crippen LogP contribution in [0.15, 0.2) is 5.16 Å². The summed E-state index contributed by atoms with van der Waals surface area (Å²) in [7, 11) is 0. The second-order valence-corrected chi connectivity index (χ2v) is 7.68. The van der Waals surface area contributed by atoms with Crippen LogP contribution in [0.25, 0.3) is 0 Å². The Morgan fingerprint density at radius 2 is 1.74 bits per heavy atom. The summed E-state index contributed by atoms with van der Waals surface area (Å²) in [5.74, 6) is 7.87. The van der Waals surface area contributed by atoms with Crippen molar-refractivity contribution in [2.75, 3.05) is 11.6 Å². The first-order chi connectivity index (χ1) is 11.2. The molecule has 3 rings (SSSR count). The molecule has 2 aliphatic carbocycles. The molecule has 128 valence electrons. The van der Waals surface area contributed by atoms with E-state index >= 15 is 0 Å². The van der Waals surface area contributed by atoms with Crippen LogP contribution in [0.5, 0.6) is 0 Å². The van der Waals surface area contributed by atoms with Crippen molar-refractivity contribution in [3.8, 4) is 0 Å². The second kappa shape index (κ2) is 8.04. The van der Waals surface area contributed by atoms with Crippen LogP contribution in [-0.4, -0.2) is 32.6 Å². The van der Waals surface area contributed by atoms with E-state index in [2.05, 4.69) is 15.5 Å². The summed E-state index contributed by atoms with van der Waals surface area (Å²) in [6.45, 7) is 0. The number of amides is 1. The maximum absolute atomic E-state index is 12.1. The largest absolute Gasteiger partial charge is 0.353 e. The lowest BCUT2D eigenvalue weighted by Gasteiger charge is -2.22. The number of rotatable bonds is 5. The molecule has 0 bridgehead atoms. The van der Waals surface area contributed by atoms with Crippen LogP contribution in [0.1, 0.15) is 76.0 Å². The van der Waals surface area contributed by atoms with Gasteiger partial charge >= 0.3 is 0 Å². The van der Waals surface area contributed by atoms with Crippen molar-refractivity contribution in [1.29, 1.82) is 0 Å². The molecule has 2 fully saturated rings. The second-order valence-electron chi connectivity index (χ2n) is 6.74. The van der Waals surface area contributed by atoms with Crippen LogP contribution in [0.2, 0.25) is 0 Å². The lowest BCUT2D eigenvalue weighted by molar-refractivity contribution is -0.119. The van der Waals surface area contributed by atoms with E-state index in [1.165, 1.54) is 50.3 Å². The zero-order valence-electron chi connectivity index (χ0n) is 13.7. The third-order valence-electron chi connectivity index (χ3n) is 4.96. The first kappa shape index (κ1) is 16.6. The van der Waals surface area contributed by atoms with Gasteiger partial charge in [0.15, 0.2) is 5.82 Å². The highest BCUT2D eigenvalue weighted by molar-refractivity contribution is 7.99. The van der Waals surface area contributed by atoms with E-state index in [1.807, 2.05) is 0 Å². The van der Waals surface area contributed by atoms with Crippen LogP contribution in [0.3, 0.4) is 0 Å². The number of hydrogen-bond donors (Lipinski definition) is 2. The van der Waals surface area contributed by atoms with Crippen molar-refractivity contribution < 1.29 is 4.79 Å². The van der Waals surface area contributed by atoms with Crippen molar-refractivity contribution in [3.63, 3.8) is 0 Å². The summed E-state index contributed by atoms with van der Waals surface area (Å²) < 4.78 is 1.59. The van der Waals surface area contributed by atoms with Gasteiger partial charge in [-0.15, -0.1) is 10.2 Å². The Balaban J connectivity index is 1.49. The molecule has 2 saturated carbocycles. The number of nitrogen functional groups attached to an aromatic ring is 1. The maximum atomic E-state index is 12.1. The fraction of sp³-hybridized carbons (Fsp3) is 0.812. The summed E-state index contributed by atoms with van der Waals surface area (Å²) in [6.07, 6.45) is 12.0. The van der Waals surface area contributed by atoms with Crippen molar-refractivity contribution in [2.45, 2.75) is 81.3 Å². The highest BCUT2D eigenvalue weighted by atomic mass is 32.2. The molecule has 7 heteroatoms. The Bertz CT molecular complexity index is 521. The Kier molecular flexibility index (Phi) is 5.80. The number of nitrogens with one attached hydrogen (secondary N) is 1. The molecule has 1 heterocycles. The van der Waals surface area contributed by atoms with E-state index in [1.54, 1.807) is 4.68 Å². The van der Waals surface area contributed by atoms with Crippen LogP contribution >= 0.6 is 11.8 Å². The molecule has 6 nitrogen and oxygen atoms in total. The summed E-state index contributed by atoms with van der Waals surface area (Å²) in [6, 6.07) is 0.352. The molecule has 0 unspecified atom stereocenters. The molecule has 0 atom stereocenters. The Morgan fingerprint density at radius 3 is 2.43 bits per heavy atom. The summed E-state index contributed by atoms with van der Waals surface area (Å²) >= 11 is 1.38. The van der Waals surface area contributed by atoms with Gasteiger partial charge in [-0.25, -0.2) is 4.68 Å². The van der Waals surface area contributed by atoms with Crippen molar-refractivity contribution >= 4 is 17.7 Å². The summed E-state index contributed by atoms with van der Waals surface area (Å²) in [4.78, 5) is 12.1. The lowest BCUT2D eigenvalue weighted by Crippen LogP contribution is -2.37. The number of hydrogen-bond acceptors (Lipinski definition) is 5. The minimum atomic E-state index is 0.0733. The van der Waals surface area contributed by atoms with E-state index in [0.717, 1.165) is 31.5 Å². The number of aromatic nitrogens is 3. The fourth-order valence-electron chi connectivity index (χ4n) is 3.67. The van der Waals surface area contributed by atoms with Crippen LogP contribution in [0, 0.1) is 0 Å². The first-order valence-electron chi connectivity index (χ1n) is 8.86. The van der Waals surface area contributed by atoms with E-state index in [4.69, 9.17) is 5.84 Å². The van der Waals surface area contributed by atoms with E-state index in [-0.39, 0.29) is 5.91 Å². The number of thioether (sulfide) groups is 1. The highest BCUT2D eigenvalue weighted by Crippen LogP contribution is 2.32. The van der Waals surface area contributed by atoms with E-state index in [0.29, 0.717) is 22.9 Å². The van der Waals surface area contributed by atoms with Gasteiger partial charge < -0.3 is 11.2 Å². The number of carbonyl (C=O) groups excluding carboxylic acids is 1. The normalized spacial score (nSPS) is 20.5. The van der Waals surface area contributed by atoms with Crippen LogP contribution in [0.4, 0.5) is 0 Å². The molecule has 1 aromatic rings. The van der Waals surface area contributed by atoms with Gasteiger partial charge in [-0.05, 0) is 25.7 Å². The van der Waals surface area contributed by atoms with Crippen LogP contribution < -0.4 is 11.2 Å². The van der Waals surface area contributed by atoms with Crippen molar-refractivity contribution in [3.05, 3.63) is 5.82 Å². The standard InChI is InChI=1S/C16H27N5OS/c17-21-15(12-7-3-1-4-8-12)19-20-16(21)23-11-14(22)18-13-9-5-2-6-10-13/h12-13H,1-11,17H2,(H,18,22). The molecule has 0 spiro atoms.